The van der Waals surface area contributed by atoms with E-state index in [9.17, 15) is 50.4 Å². The van der Waals surface area contributed by atoms with Gasteiger partial charge in [-0.2, -0.15) is 0 Å². The van der Waals surface area contributed by atoms with E-state index in [0.29, 0.717) is 32.2 Å². The van der Waals surface area contributed by atoms with Crippen molar-refractivity contribution in [2.75, 3.05) is 52.6 Å². The molecular formula is C37H60N4O15. The normalized spacial score (nSPS) is 36.2. The van der Waals surface area contributed by atoms with Crippen LogP contribution in [0.1, 0.15) is 39.5 Å². The first-order chi connectivity index (χ1) is 26.7. The van der Waals surface area contributed by atoms with Crippen LogP contribution in [0.15, 0.2) is 41.6 Å². The lowest BCUT2D eigenvalue weighted by Gasteiger charge is -2.48. The highest BCUT2D eigenvalue weighted by molar-refractivity contribution is 5.89. The molecule has 13 atom stereocenters. The predicted octanol–water partition coefficient (Wildman–Crippen LogP) is -5.00. The predicted molar refractivity (Wildman–Crippen MR) is 193 cm³/mol. The smallest absolute Gasteiger partial charge is 0.338 e. The van der Waals surface area contributed by atoms with Crippen molar-refractivity contribution >= 4 is 17.9 Å². The molecule has 3 fully saturated rings. The molecule has 3 aliphatic heterocycles. The average Bonchev–Trinajstić information content (AvgIpc) is 3.61. The quantitative estimate of drug-likeness (QED) is 0.0155. The summed E-state index contributed by atoms with van der Waals surface area (Å²) in [6, 6.07) is -0.840. The van der Waals surface area contributed by atoms with Gasteiger partial charge in [-0.1, -0.05) is 18.2 Å². The third-order valence-electron chi connectivity index (χ3n) is 10.8. The van der Waals surface area contributed by atoms with Crippen molar-refractivity contribution in [1.82, 2.24) is 5.32 Å². The summed E-state index contributed by atoms with van der Waals surface area (Å²) in [5.74, 6) is -8.53. The largest absolute Gasteiger partial charge is 0.550 e. The van der Waals surface area contributed by atoms with Crippen LogP contribution in [0.4, 0.5) is 0 Å². The number of carboxylic acids is 1. The van der Waals surface area contributed by atoms with Crippen LogP contribution in [0, 0.1) is 29.6 Å². The Kier molecular flexibility index (Phi) is 17.0. The second-order valence-corrected chi connectivity index (χ2v) is 15.1. The zero-order valence-corrected chi connectivity index (χ0v) is 31.9. The number of guanidine groups is 1. The SMILES string of the molecule is C=C[C@H]1[C@@H](O[C@@H]2O[C@H](CO)[C@@H](O)C(O)(O)[C@@H]2OC(C)C)OC=C(C(=O)O[C@@H]2CC[C@@H](CO)C2)[C@H]1C=CC1C[NH+](CCO)CC(C(=O)[O-])C1NC(N)=NCCCO. The first kappa shape index (κ1) is 45.5. The summed E-state index contributed by atoms with van der Waals surface area (Å²) in [6.45, 7) is 6.93. The number of carbonyl (C=O) groups is 2. The van der Waals surface area contributed by atoms with E-state index in [4.69, 9.17) is 29.4 Å². The number of aliphatic hydroxyl groups is 7. The van der Waals surface area contributed by atoms with Crippen molar-refractivity contribution in [3.63, 3.8) is 0 Å². The lowest BCUT2D eigenvalue weighted by Crippen LogP contribution is -3.16. The molecule has 3 heterocycles. The fourth-order valence-corrected chi connectivity index (χ4v) is 7.82. The van der Waals surface area contributed by atoms with Crippen molar-refractivity contribution in [2.45, 2.75) is 94.5 Å². The maximum Gasteiger partial charge on any atom is 0.338 e. The number of allylic oxidation sites excluding steroid dienone is 1. The highest BCUT2D eigenvalue weighted by atomic mass is 16.8. The summed E-state index contributed by atoms with van der Waals surface area (Å²) in [7, 11) is 0. The first-order valence-electron chi connectivity index (χ1n) is 19.2. The number of aliphatic carboxylic acids is 1. The Balaban J connectivity index is 1.72. The number of ether oxygens (including phenoxy) is 5. The Morgan fingerprint density at radius 3 is 2.50 bits per heavy atom. The van der Waals surface area contributed by atoms with E-state index in [2.05, 4.69) is 16.9 Å². The summed E-state index contributed by atoms with van der Waals surface area (Å²) in [5, 5.41) is 86.5. The van der Waals surface area contributed by atoms with E-state index < -0.39 is 97.1 Å². The van der Waals surface area contributed by atoms with Crippen LogP contribution in [-0.4, -0.2) is 161 Å². The van der Waals surface area contributed by atoms with Crippen molar-refractivity contribution in [1.29, 1.82) is 0 Å². The Labute approximate surface area is 326 Å². The summed E-state index contributed by atoms with van der Waals surface area (Å²) in [6.07, 6.45) is -1.15. The van der Waals surface area contributed by atoms with E-state index in [1.54, 1.807) is 26.0 Å². The monoisotopic (exact) mass is 800 g/mol. The number of carbonyl (C=O) groups excluding carboxylic acids is 2. The van der Waals surface area contributed by atoms with Crippen LogP contribution in [-0.2, 0) is 33.3 Å². The molecule has 2 saturated heterocycles. The second-order valence-electron chi connectivity index (χ2n) is 15.1. The minimum atomic E-state index is -2.93. The highest BCUT2D eigenvalue weighted by Crippen LogP contribution is 2.39. The molecular weight excluding hydrogens is 740 g/mol. The lowest BCUT2D eigenvalue weighted by atomic mass is 9.79. The molecule has 1 saturated carbocycles. The van der Waals surface area contributed by atoms with Crippen LogP contribution in [0.2, 0.25) is 0 Å². The van der Waals surface area contributed by atoms with E-state index >= 15 is 0 Å². The summed E-state index contributed by atoms with van der Waals surface area (Å²) < 4.78 is 29.5. The fraction of sp³-hybridized carbons (Fsp3) is 0.757. The van der Waals surface area contributed by atoms with Crippen LogP contribution < -0.4 is 21.1 Å². The van der Waals surface area contributed by atoms with Crippen LogP contribution in [0.25, 0.3) is 0 Å². The number of rotatable bonds is 18. The molecule has 0 amide bonds. The van der Waals surface area contributed by atoms with Crippen LogP contribution >= 0.6 is 0 Å². The zero-order valence-electron chi connectivity index (χ0n) is 31.9. The fourth-order valence-electron chi connectivity index (χ4n) is 7.82. The van der Waals surface area contributed by atoms with Gasteiger partial charge in [0.2, 0.25) is 12.1 Å². The molecule has 0 spiro atoms. The molecule has 0 aromatic carbocycles. The van der Waals surface area contributed by atoms with Crippen LogP contribution in [0.3, 0.4) is 0 Å². The van der Waals surface area contributed by atoms with E-state index in [1.165, 1.54) is 6.08 Å². The van der Waals surface area contributed by atoms with Gasteiger partial charge in [0.25, 0.3) is 0 Å². The summed E-state index contributed by atoms with van der Waals surface area (Å²) >= 11 is 0. The molecule has 56 heavy (non-hydrogen) atoms. The van der Waals surface area contributed by atoms with E-state index in [0.717, 1.165) is 11.2 Å². The number of quaternary nitrogens is 1. The van der Waals surface area contributed by atoms with Crippen molar-refractivity contribution in [3.8, 4) is 0 Å². The summed E-state index contributed by atoms with van der Waals surface area (Å²) in [4.78, 5) is 31.3. The van der Waals surface area contributed by atoms with E-state index in [1.807, 2.05) is 0 Å². The lowest BCUT2D eigenvalue weighted by molar-refractivity contribution is -0.911. The second kappa shape index (κ2) is 21.0. The molecule has 11 N–H and O–H groups in total. The Hall–Kier alpha value is -3.21. The molecule has 4 rings (SSSR count). The van der Waals surface area contributed by atoms with Crippen LogP contribution in [0.5, 0.6) is 0 Å². The highest BCUT2D eigenvalue weighted by Gasteiger charge is 2.57. The summed E-state index contributed by atoms with van der Waals surface area (Å²) in [5.41, 5.74) is 6.21. The molecule has 4 unspecified atom stereocenters. The Morgan fingerprint density at radius 2 is 1.89 bits per heavy atom. The number of aliphatic hydroxyl groups excluding tert-OH is 5. The number of nitrogens with two attached hydrogens (primary N) is 1. The number of esters is 1. The minimum Gasteiger partial charge on any atom is -0.550 e. The van der Waals surface area contributed by atoms with Gasteiger partial charge in [-0.3, -0.25) is 4.99 Å². The van der Waals surface area contributed by atoms with Gasteiger partial charge < -0.3 is 85.3 Å². The number of hydrogen-bond acceptors (Lipinski definition) is 16. The maximum absolute atomic E-state index is 13.9. The molecule has 19 heteroatoms. The molecule has 0 aromatic heterocycles. The van der Waals surface area contributed by atoms with Crippen molar-refractivity contribution in [2.24, 2.45) is 40.3 Å². The number of likely N-dealkylation sites (tertiary alicyclic amines) is 1. The van der Waals surface area contributed by atoms with Gasteiger partial charge in [-0.15, -0.1) is 6.58 Å². The number of nitrogens with one attached hydrogen (secondary N) is 2. The molecule has 318 valence electrons. The number of aliphatic imine (C=N–C) groups is 1. The maximum atomic E-state index is 13.9. The topological polar surface area (TPSA) is 300 Å². The average molecular weight is 801 g/mol. The standard InChI is InChI=1S/C37H60N4O15/c1-4-24-25(9-7-22-15-41(11-13-43)16-26(32(47)48)29(22)40-36(38)39-10-5-12-42)27(33(49)54-23-8-6-21(14-23)17-44)19-52-34(24)56-35-31(53-20(2)3)37(50,51)30(46)28(18-45)55-35/h4,7,9,19-26,28-31,34-35,42-46,50-51H,1,5-6,8,10-18H2,2-3H3,(H,47,48)(H3,38,39,40)/t21-,22?,23-,24-,25+,26?,28-,29?,30-,31-,34-,35+/m1/s1. The van der Waals surface area contributed by atoms with Gasteiger partial charge in [0.15, 0.2) is 18.4 Å². The van der Waals surface area contributed by atoms with Gasteiger partial charge in [0.05, 0.1) is 68.1 Å². The van der Waals surface area contributed by atoms with E-state index in [-0.39, 0.29) is 56.9 Å². The first-order valence-corrected chi connectivity index (χ1v) is 19.2. The van der Waals surface area contributed by atoms with Crippen molar-refractivity contribution < 1.29 is 79.0 Å². The Morgan fingerprint density at radius 1 is 1.14 bits per heavy atom. The van der Waals surface area contributed by atoms with Crippen molar-refractivity contribution in [3.05, 3.63) is 36.6 Å². The third kappa shape index (κ3) is 11.3. The van der Waals surface area contributed by atoms with Gasteiger partial charge in [-0.25, -0.2) is 4.79 Å². The zero-order chi connectivity index (χ0) is 41.2. The van der Waals surface area contributed by atoms with Gasteiger partial charge in [-0.05, 0) is 45.4 Å². The molecule has 0 aromatic rings. The third-order valence-corrected chi connectivity index (χ3v) is 10.8. The number of hydrogen-bond donors (Lipinski definition) is 10. The number of piperidine rings is 1. The molecule has 4 aliphatic rings. The van der Waals surface area contributed by atoms with Gasteiger partial charge in [0.1, 0.15) is 24.9 Å². The molecule has 1 aliphatic carbocycles. The molecule has 0 radical (unpaired) electrons. The van der Waals surface area contributed by atoms with Gasteiger partial charge in [0, 0.05) is 31.6 Å². The number of nitrogens with zero attached hydrogens (tertiary/aromatic N) is 1. The Bertz CT molecular complexity index is 1400. The molecule has 19 nitrogen and oxygen atoms in total. The molecule has 0 bridgehead atoms. The minimum absolute atomic E-state index is 0.0156. The number of carboxylic acid groups (broad SMARTS) is 1. The van der Waals surface area contributed by atoms with Gasteiger partial charge >= 0.3 is 5.97 Å².